The maximum atomic E-state index is 5.83. The normalized spacial score (nSPS) is 22.9. The molecule has 2 aromatic rings. The van der Waals surface area contributed by atoms with Crippen molar-refractivity contribution in [3.63, 3.8) is 0 Å². The number of nitrogens with two attached hydrogens (primary N) is 1. The highest BCUT2D eigenvalue weighted by molar-refractivity contribution is 5.39. The zero-order chi connectivity index (χ0) is 14.0. The molecule has 1 aliphatic rings. The van der Waals surface area contributed by atoms with Gasteiger partial charge in [-0.05, 0) is 43.9 Å². The van der Waals surface area contributed by atoms with Crippen molar-refractivity contribution in [2.45, 2.75) is 38.2 Å². The summed E-state index contributed by atoms with van der Waals surface area (Å²) in [7, 11) is 0. The molecule has 1 aliphatic heterocycles. The van der Waals surface area contributed by atoms with Crippen LogP contribution >= 0.6 is 0 Å². The topological polar surface area (TPSA) is 74.2 Å². The van der Waals surface area contributed by atoms with Crippen LogP contribution in [0.25, 0.3) is 0 Å². The molecule has 0 spiro atoms. The van der Waals surface area contributed by atoms with E-state index in [2.05, 4.69) is 10.1 Å². The molecule has 1 aromatic heterocycles. The lowest BCUT2D eigenvalue weighted by molar-refractivity contribution is -0.0770. The van der Waals surface area contributed by atoms with Gasteiger partial charge in [-0.3, -0.25) is 0 Å². The standard InChI is InChI=1S/C15H19N3O2/c1-15(8-2-3-9-19-15)14-17-13(20-18-14)10-11-4-6-12(16)7-5-11/h4-7H,2-3,8-10,16H2,1H3. The molecule has 1 aromatic carbocycles. The SMILES string of the molecule is CC1(c2noc(Cc3ccc(N)cc3)n2)CCCCO1. The molecule has 20 heavy (non-hydrogen) atoms. The lowest BCUT2D eigenvalue weighted by Crippen LogP contribution is -2.31. The highest BCUT2D eigenvalue weighted by Crippen LogP contribution is 2.32. The van der Waals surface area contributed by atoms with Crippen molar-refractivity contribution in [2.75, 3.05) is 12.3 Å². The molecule has 0 aliphatic carbocycles. The molecule has 1 atom stereocenters. The molecule has 1 saturated heterocycles. The molecule has 1 unspecified atom stereocenters. The summed E-state index contributed by atoms with van der Waals surface area (Å²) in [4.78, 5) is 4.49. The van der Waals surface area contributed by atoms with Crippen LogP contribution < -0.4 is 5.73 Å². The summed E-state index contributed by atoms with van der Waals surface area (Å²) in [5.74, 6) is 1.27. The molecular formula is C15H19N3O2. The Bertz CT molecular complexity index is 571. The Morgan fingerprint density at radius 3 is 2.75 bits per heavy atom. The third-order valence-corrected chi connectivity index (χ3v) is 3.74. The van der Waals surface area contributed by atoms with Crippen LogP contribution in [0.2, 0.25) is 0 Å². The van der Waals surface area contributed by atoms with Gasteiger partial charge < -0.3 is 15.0 Å². The minimum atomic E-state index is -0.402. The lowest BCUT2D eigenvalue weighted by atomic mass is 9.95. The van der Waals surface area contributed by atoms with Crippen molar-refractivity contribution in [1.82, 2.24) is 10.1 Å². The van der Waals surface area contributed by atoms with E-state index in [1.807, 2.05) is 31.2 Å². The predicted molar refractivity (Wildman–Crippen MR) is 75.1 cm³/mol. The molecule has 2 N–H and O–H groups in total. The van der Waals surface area contributed by atoms with E-state index in [4.69, 9.17) is 15.0 Å². The molecule has 3 rings (SSSR count). The minimum absolute atomic E-state index is 0.402. The number of ether oxygens (including phenoxy) is 1. The first kappa shape index (κ1) is 13.1. The maximum Gasteiger partial charge on any atom is 0.231 e. The van der Waals surface area contributed by atoms with Crippen LogP contribution in [0, 0.1) is 0 Å². The molecule has 0 amide bonds. The van der Waals surface area contributed by atoms with Gasteiger partial charge in [0.25, 0.3) is 0 Å². The van der Waals surface area contributed by atoms with Crippen LogP contribution in [-0.2, 0) is 16.8 Å². The number of nitrogen functional groups attached to an aromatic ring is 1. The monoisotopic (exact) mass is 273 g/mol. The summed E-state index contributed by atoms with van der Waals surface area (Å²) in [5.41, 5.74) is 7.12. The summed E-state index contributed by atoms with van der Waals surface area (Å²) < 4.78 is 11.2. The number of aromatic nitrogens is 2. The van der Waals surface area contributed by atoms with Crippen molar-refractivity contribution in [3.05, 3.63) is 41.5 Å². The Balaban J connectivity index is 1.74. The quantitative estimate of drug-likeness (QED) is 0.870. The van der Waals surface area contributed by atoms with Crippen molar-refractivity contribution in [1.29, 1.82) is 0 Å². The van der Waals surface area contributed by atoms with Gasteiger partial charge in [0.1, 0.15) is 5.60 Å². The van der Waals surface area contributed by atoms with Gasteiger partial charge >= 0.3 is 0 Å². The third kappa shape index (κ3) is 2.67. The molecule has 1 fully saturated rings. The summed E-state index contributed by atoms with van der Waals surface area (Å²) in [6.45, 7) is 2.79. The van der Waals surface area contributed by atoms with Gasteiger partial charge in [-0.15, -0.1) is 0 Å². The first-order valence-corrected chi connectivity index (χ1v) is 6.97. The van der Waals surface area contributed by atoms with E-state index >= 15 is 0 Å². The zero-order valence-corrected chi connectivity index (χ0v) is 11.6. The summed E-state index contributed by atoms with van der Waals surface area (Å²) in [6.07, 6.45) is 3.79. The molecule has 0 radical (unpaired) electrons. The Hall–Kier alpha value is -1.88. The van der Waals surface area contributed by atoms with E-state index in [1.165, 1.54) is 0 Å². The Morgan fingerprint density at radius 1 is 1.25 bits per heavy atom. The van der Waals surface area contributed by atoms with Gasteiger partial charge in [0.15, 0.2) is 0 Å². The second-order valence-corrected chi connectivity index (χ2v) is 5.47. The van der Waals surface area contributed by atoms with E-state index < -0.39 is 5.60 Å². The molecule has 5 heteroatoms. The largest absolute Gasteiger partial charge is 0.399 e. The van der Waals surface area contributed by atoms with E-state index in [1.54, 1.807) is 0 Å². The highest BCUT2D eigenvalue weighted by Gasteiger charge is 2.34. The van der Waals surface area contributed by atoms with E-state index in [0.29, 0.717) is 18.1 Å². The summed E-state index contributed by atoms with van der Waals surface area (Å²) in [6, 6.07) is 7.69. The Kier molecular flexibility index (Phi) is 3.44. The number of nitrogens with zero attached hydrogens (tertiary/aromatic N) is 2. The molecule has 106 valence electrons. The van der Waals surface area contributed by atoms with E-state index in [0.717, 1.165) is 37.1 Å². The van der Waals surface area contributed by atoms with Gasteiger partial charge in [0.05, 0.1) is 6.42 Å². The molecule has 2 heterocycles. The molecule has 5 nitrogen and oxygen atoms in total. The average molecular weight is 273 g/mol. The fourth-order valence-corrected chi connectivity index (χ4v) is 2.46. The third-order valence-electron chi connectivity index (χ3n) is 3.74. The Labute approximate surface area is 118 Å². The van der Waals surface area contributed by atoms with Crippen molar-refractivity contribution in [2.24, 2.45) is 0 Å². The summed E-state index contributed by atoms with van der Waals surface area (Å²) in [5, 5.41) is 4.09. The van der Waals surface area contributed by atoms with E-state index in [-0.39, 0.29) is 0 Å². The van der Waals surface area contributed by atoms with Crippen LogP contribution in [0.15, 0.2) is 28.8 Å². The first-order valence-electron chi connectivity index (χ1n) is 6.97. The molecule has 0 bridgehead atoms. The van der Waals surface area contributed by atoms with Crippen LogP contribution in [0.4, 0.5) is 5.69 Å². The second kappa shape index (κ2) is 5.25. The molecule has 0 saturated carbocycles. The zero-order valence-electron chi connectivity index (χ0n) is 11.6. The average Bonchev–Trinajstić information content (AvgIpc) is 2.92. The van der Waals surface area contributed by atoms with Crippen molar-refractivity contribution < 1.29 is 9.26 Å². The number of hydrogen-bond acceptors (Lipinski definition) is 5. The van der Waals surface area contributed by atoms with Gasteiger partial charge in [0.2, 0.25) is 11.7 Å². The van der Waals surface area contributed by atoms with Crippen molar-refractivity contribution >= 4 is 5.69 Å². The number of benzene rings is 1. The van der Waals surface area contributed by atoms with Crippen LogP contribution in [-0.4, -0.2) is 16.7 Å². The number of hydrogen-bond donors (Lipinski definition) is 1. The van der Waals surface area contributed by atoms with Gasteiger partial charge in [-0.25, -0.2) is 0 Å². The predicted octanol–water partition coefficient (Wildman–Crippen LogP) is 2.66. The fourth-order valence-electron chi connectivity index (χ4n) is 2.46. The highest BCUT2D eigenvalue weighted by atomic mass is 16.5. The second-order valence-electron chi connectivity index (χ2n) is 5.47. The first-order chi connectivity index (χ1) is 9.66. The van der Waals surface area contributed by atoms with Gasteiger partial charge in [-0.1, -0.05) is 17.3 Å². The smallest absolute Gasteiger partial charge is 0.231 e. The van der Waals surface area contributed by atoms with Gasteiger partial charge in [0, 0.05) is 12.3 Å². The van der Waals surface area contributed by atoms with Crippen LogP contribution in [0.3, 0.4) is 0 Å². The van der Waals surface area contributed by atoms with Crippen LogP contribution in [0.5, 0.6) is 0 Å². The fraction of sp³-hybridized carbons (Fsp3) is 0.467. The summed E-state index contributed by atoms with van der Waals surface area (Å²) >= 11 is 0. The molecular weight excluding hydrogens is 254 g/mol. The lowest BCUT2D eigenvalue weighted by Gasteiger charge is -2.30. The van der Waals surface area contributed by atoms with Gasteiger partial charge in [-0.2, -0.15) is 4.98 Å². The number of rotatable bonds is 3. The maximum absolute atomic E-state index is 5.83. The van der Waals surface area contributed by atoms with E-state index in [9.17, 15) is 0 Å². The number of anilines is 1. The van der Waals surface area contributed by atoms with Crippen LogP contribution in [0.1, 0.15) is 43.5 Å². The van der Waals surface area contributed by atoms with Crippen molar-refractivity contribution in [3.8, 4) is 0 Å². The Morgan fingerprint density at radius 2 is 2.05 bits per heavy atom. The minimum Gasteiger partial charge on any atom is -0.399 e.